The lowest BCUT2D eigenvalue weighted by Crippen LogP contribution is -2.44. The van der Waals surface area contributed by atoms with E-state index in [1.165, 1.54) is 10.4 Å². The van der Waals surface area contributed by atoms with Crippen LogP contribution in [0.15, 0.2) is 40.6 Å². The molecule has 0 aliphatic carbocycles. The lowest BCUT2D eigenvalue weighted by Gasteiger charge is -2.35. The van der Waals surface area contributed by atoms with Crippen molar-refractivity contribution in [2.45, 2.75) is 30.7 Å². The fraction of sp³-hybridized carbons (Fsp3) is 0.429. The molecule has 4 rings (SSSR count). The summed E-state index contributed by atoms with van der Waals surface area (Å²) in [4.78, 5) is 27.2. The number of sulfonamides is 1. The van der Waals surface area contributed by atoms with Gasteiger partial charge in [0, 0.05) is 36.3 Å². The number of amides is 1. The van der Waals surface area contributed by atoms with Crippen molar-refractivity contribution in [2.24, 2.45) is 0 Å². The van der Waals surface area contributed by atoms with Gasteiger partial charge in [0.1, 0.15) is 9.77 Å². The summed E-state index contributed by atoms with van der Waals surface area (Å²) >= 11 is 2.72. The molecule has 2 aromatic rings. The zero-order valence-corrected chi connectivity index (χ0v) is 19.6. The number of esters is 1. The number of benzene rings is 1. The van der Waals surface area contributed by atoms with E-state index in [9.17, 15) is 18.0 Å². The summed E-state index contributed by atoms with van der Waals surface area (Å²) in [5.74, 6) is 0.355. The number of fused-ring (bicyclic) bond motifs is 1. The van der Waals surface area contributed by atoms with E-state index in [0.717, 1.165) is 46.9 Å². The van der Waals surface area contributed by atoms with Crippen LogP contribution in [0, 0.1) is 0 Å². The predicted molar refractivity (Wildman–Crippen MR) is 122 cm³/mol. The molecular weight excluding hydrogens is 456 g/mol. The summed E-state index contributed by atoms with van der Waals surface area (Å²) in [5.41, 5.74) is 1.93. The first-order chi connectivity index (χ1) is 14.9. The molecule has 1 saturated heterocycles. The van der Waals surface area contributed by atoms with Crippen LogP contribution in [-0.4, -0.2) is 61.8 Å². The smallest absolute Gasteiger partial charge is 0.350 e. The van der Waals surface area contributed by atoms with Crippen LogP contribution in [0.1, 0.15) is 28.6 Å². The van der Waals surface area contributed by atoms with Gasteiger partial charge >= 0.3 is 5.97 Å². The minimum atomic E-state index is -3.77. The number of rotatable bonds is 5. The standard InChI is InChI=1S/C21H24N2O5S3/c1-15-6-7-16-4-2-3-5-17(16)23(15)19(24)14-28-21(25)20-18(8-11-30-20)31(26,27)22-9-12-29-13-10-22/h2-5,8,11,15H,6-7,9-10,12-14H2,1H3. The van der Waals surface area contributed by atoms with Crippen LogP contribution in [0.25, 0.3) is 0 Å². The van der Waals surface area contributed by atoms with Gasteiger partial charge in [-0.05, 0) is 42.8 Å². The predicted octanol–water partition coefficient (Wildman–Crippen LogP) is 3.01. The molecular formula is C21H24N2O5S3. The van der Waals surface area contributed by atoms with E-state index in [0.29, 0.717) is 13.1 Å². The van der Waals surface area contributed by atoms with Gasteiger partial charge in [-0.3, -0.25) is 4.79 Å². The molecule has 3 heterocycles. The lowest BCUT2D eigenvalue weighted by molar-refractivity contribution is -0.122. The van der Waals surface area contributed by atoms with Crippen molar-refractivity contribution in [1.82, 2.24) is 4.31 Å². The molecule has 31 heavy (non-hydrogen) atoms. The van der Waals surface area contributed by atoms with Crippen LogP contribution in [0.2, 0.25) is 0 Å². The van der Waals surface area contributed by atoms with Gasteiger partial charge in [0.25, 0.3) is 5.91 Å². The highest BCUT2D eigenvalue weighted by Crippen LogP contribution is 2.31. The van der Waals surface area contributed by atoms with E-state index >= 15 is 0 Å². The topological polar surface area (TPSA) is 84.0 Å². The highest BCUT2D eigenvalue weighted by atomic mass is 32.2. The molecule has 1 atom stereocenters. The average Bonchev–Trinajstić information content (AvgIpc) is 3.29. The molecule has 2 aliphatic rings. The Bertz CT molecular complexity index is 1080. The Labute approximate surface area is 190 Å². The fourth-order valence-corrected chi connectivity index (χ4v) is 7.77. The van der Waals surface area contributed by atoms with Crippen molar-refractivity contribution in [3.63, 3.8) is 0 Å². The minimum absolute atomic E-state index is 0.00394. The first-order valence-electron chi connectivity index (χ1n) is 10.1. The molecule has 0 spiro atoms. The van der Waals surface area contributed by atoms with Gasteiger partial charge < -0.3 is 9.64 Å². The molecule has 7 nitrogen and oxygen atoms in total. The molecule has 166 valence electrons. The number of anilines is 1. The highest BCUT2D eigenvalue weighted by molar-refractivity contribution is 7.99. The highest BCUT2D eigenvalue weighted by Gasteiger charge is 2.33. The number of para-hydroxylation sites is 1. The van der Waals surface area contributed by atoms with Crippen molar-refractivity contribution < 1.29 is 22.7 Å². The number of carbonyl (C=O) groups excluding carboxylic acids is 2. The molecule has 10 heteroatoms. The van der Waals surface area contributed by atoms with E-state index in [1.807, 2.05) is 31.2 Å². The van der Waals surface area contributed by atoms with E-state index in [4.69, 9.17) is 4.74 Å². The maximum Gasteiger partial charge on any atom is 0.350 e. The summed E-state index contributed by atoms with van der Waals surface area (Å²) in [6.07, 6.45) is 1.73. The summed E-state index contributed by atoms with van der Waals surface area (Å²) in [6.45, 7) is 2.37. The van der Waals surface area contributed by atoms with Gasteiger partial charge in [-0.1, -0.05) is 18.2 Å². The molecule has 0 radical (unpaired) electrons. The van der Waals surface area contributed by atoms with E-state index in [-0.39, 0.29) is 21.7 Å². The Morgan fingerprint density at radius 3 is 2.68 bits per heavy atom. The van der Waals surface area contributed by atoms with Crippen molar-refractivity contribution in [3.8, 4) is 0 Å². The Balaban J connectivity index is 1.47. The van der Waals surface area contributed by atoms with Crippen molar-refractivity contribution in [3.05, 3.63) is 46.2 Å². The quantitative estimate of drug-likeness (QED) is 0.612. The largest absolute Gasteiger partial charge is 0.451 e. The van der Waals surface area contributed by atoms with Gasteiger partial charge in [-0.2, -0.15) is 16.1 Å². The van der Waals surface area contributed by atoms with Crippen LogP contribution in [0.5, 0.6) is 0 Å². The summed E-state index contributed by atoms with van der Waals surface area (Å²) in [7, 11) is -3.77. The van der Waals surface area contributed by atoms with Gasteiger partial charge in [0.15, 0.2) is 6.61 Å². The third-order valence-corrected chi connectivity index (χ3v) is 9.43. The fourth-order valence-electron chi connectivity index (χ4n) is 3.91. The molecule has 1 fully saturated rings. The first kappa shape index (κ1) is 22.3. The van der Waals surface area contributed by atoms with Crippen LogP contribution in [-0.2, 0) is 26.0 Å². The minimum Gasteiger partial charge on any atom is -0.451 e. The molecule has 1 unspecified atom stereocenters. The zero-order chi connectivity index (χ0) is 22.0. The Morgan fingerprint density at radius 2 is 1.90 bits per heavy atom. The first-order valence-corrected chi connectivity index (χ1v) is 13.6. The normalized spacial score (nSPS) is 19.6. The van der Waals surface area contributed by atoms with E-state index < -0.39 is 22.6 Å². The van der Waals surface area contributed by atoms with E-state index in [2.05, 4.69) is 0 Å². The Morgan fingerprint density at radius 1 is 1.16 bits per heavy atom. The van der Waals surface area contributed by atoms with Crippen LogP contribution >= 0.6 is 23.1 Å². The second-order valence-electron chi connectivity index (χ2n) is 7.49. The van der Waals surface area contributed by atoms with Crippen molar-refractivity contribution >= 4 is 50.7 Å². The number of nitrogens with zero attached hydrogens (tertiary/aromatic N) is 2. The SMILES string of the molecule is CC1CCc2ccccc2N1C(=O)COC(=O)c1sccc1S(=O)(=O)N1CCSCC1. The molecule has 0 saturated carbocycles. The Hall–Kier alpha value is -1.88. The molecule has 1 amide bonds. The van der Waals surface area contributed by atoms with Gasteiger partial charge in [-0.25, -0.2) is 13.2 Å². The molecule has 0 N–H and O–H groups in total. The number of carbonyl (C=O) groups is 2. The summed E-state index contributed by atoms with van der Waals surface area (Å²) in [5, 5.41) is 1.56. The summed E-state index contributed by atoms with van der Waals surface area (Å²) in [6, 6.07) is 9.14. The second-order valence-corrected chi connectivity index (χ2v) is 11.5. The maximum absolute atomic E-state index is 13.0. The third-order valence-electron chi connectivity index (χ3n) is 5.52. The average molecular weight is 481 g/mol. The molecule has 1 aromatic heterocycles. The third kappa shape index (κ3) is 4.52. The molecule has 2 aliphatic heterocycles. The zero-order valence-electron chi connectivity index (χ0n) is 17.2. The van der Waals surface area contributed by atoms with Gasteiger partial charge in [0.05, 0.1) is 0 Å². The monoisotopic (exact) mass is 480 g/mol. The van der Waals surface area contributed by atoms with Gasteiger partial charge in [-0.15, -0.1) is 11.3 Å². The second kappa shape index (κ2) is 9.32. The van der Waals surface area contributed by atoms with Crippen LogP contribution in [0.4, 0.5) is 5.69 Å². The number of thiophene rings is 1. The van der Waals surface area contributed by atoms with Crippen molar-refractivity contribution in [2.75, 3.05) is 36.1 Å². The number of hydrogen-bond acceptors (Lipinski definition) is 7. The molecule has 1 aromatic carbocycles. The number of thioether (sulfide) groups is 1. The summed E-state index contributed by atoms with van der Waals surface area (Å²) < 4.78 is 32.6. The van der Waals surface area contributed by atoms with E-state index in [1.54, 1.807) is 22.0 Å². The number of aryl methyl sites for hydroxylation is 1. The van der Waals surface area contributed by atoms with Gasteiger partial charge in [0.2, 0.25) is 10.0 Å². The van der Waals surface area contributed by atoms with Crippen LogP contribution < -0.4 is 4.90 Å². The lowest BCUT2D eigenvalue weighted by atomic mass is 9.96. The Kier molecular flexibility index (Phi) is 6.71. The maximum atomic E-state index is 13.0. The molecule has 0 bridgehead atoms. The van der Waals surface area contributed by atoms with Crippen molar-refractivity contribution in [1.29, 1.82) is 0 Å². The number of ether oxygens (including phenoxy) is 1. The number of hydrogen-bond donors (Lipinski definition) is 0. The van der Waals surface area contributed by atoms with Crippen LogP contribution in [0.3, 0.4) is 0 Å².